The van der Waals surface area contributed by atoms with E-state index in [2.05, 4.69) is 27.1 Å². The van der Waals surface area contributed by atoms with E-state index >= 15 is 0 Å². The maximum absolute atomic E-state index is 12.2. The highest BCUT2D eigenvalue weighted by Crippen LogP contribution is 2.21. The van der Waals surface area contributed by atoms with Crippen LogP contribution in [-0.4, -0.2) is 28.5 Å². The Labute approximate surface area is 146 Å². The van der Waals surface area contributed by atoms with Crippen LogP contribution in [0.4, 0.5) is 11.6 Å². The first-order valence-corrected chi connectivity index (χ1v) is 8.20. The van der Waals surface area contributed by atoms with Gasteiger partial charge in [0.1, 0.15) is 11.4 Å². The van der Waals surface area contributed by atoms with Gasteiger partial charge >= 0.3 is 0 Å². The molecule has 3 N–H and O–H groups in total. The fourth-order valence-corrected chi connectivity index (χ4v) is 2.65. The Morgan fingerprint density at radius 1 is 1.12 bits per heavy atom. The molecule has 0 bridgehead atoms. The number of benzene rings is 1. The summed E-state index contributed by atoms with van der Waals surface area (Å²) in [6.45, 7) is 0.775. The van der Waals surface area contributed by atoms with Gasteiger partial charge in [-0.2, -0.15) is 0 Å². The van der Waals surface area contributed by atoms with Crippen LogP contribution in [0.15, 0.2) is 59.7 Å². The summed E-state index contributed by atoms with van der Waals surface area (Å²) in [6.07, 6.45) is 5.24. The van der Waals surface area contributed by atoms with E-state index in [-0.39, 0.29) is 11.2 Å². The summed E-state index contributed by atoms with van der Waals surface area (Å²) < 4.78 is 0. The highest BCUT2D eigenvalue weighted by molar-refractivity contribution is 5.72. The van der Waals surface area contributed by atoms with E-state index in [1.807, 2.05) is 30.1 Å². The molecule has 0 fully saturated rings. The Hall–Kier alpha value is -3.15. The molecule has 0 saturated carbocycles. The monoisotopic (exact) mass is 335 g/mol. The second-order valence-corrected chi connectivity index (χ2v) is 5.90. The third-order valence-electron chi connectivity index (χ3n) is 4.06. The number of rotatable bonds is 6. The number of hydrogen-bond acceptors (Lipinski definition) is 5. The molecule has 0 aliphatic heterocycles. The smallest absolute Gasteiger partial charge is 0.276 e. The van der Waals surface area contributed by atoms with Crippen LogP contribution in [0.3, 0.4) is 0 Å². The number of hydrogen-bond donors (Lipinski definition) is 2. The summed E-state index contributed by atoms with van der Waals surface area (Å²) in [5, 5.41) is 0. The Kier molecular flexibility index (Phi) is 5.09. The van der Waals surface area contributed by atoms with Gasteiger partial charge in [0.15, 0.2) is 0 Å². The van der Waals surface area contributed by atoms with E-state index in [1.165, 1.54) is 5.56 Å². The van der Waals surface area contributed by atoms with E-state index in [0.717, 1.165) is 24.9 Å². The Bertz CT molecular complexity index is 877. The largest absolute Gasteiger partial charge is 0.392 e. The lowest BCUT2D eigenvalue weighted by atomic mass is 10.1. The first kappa shape index (κ1) is 16.7. The fraction of sp³-hybridized carbons (Fsp3) is 0.211. The summed E-state index contributed by atoms with van der Waals surface area (Å²) in [6, 6.07) is 13.9. The topological polar surface area (TPSA) is 87.9 Å². The van der Waals surface area contributed by atoms with Gasteiger partial charge in [-0.1, -0.05) is 30.3 Å². The van der Waals surface area contributed by atoms with Crippen molar-refractivity contribution in [1.82, 2.24) is 15.0 Å². The van der Waals surface area contributed by atoms with Crippen LogP contribution < -0.4 is 16.2 Å². The number of H-pyrrole nitrogens is 1. The molecule has 3 rings (SSSR count). The third-order valence-corrected chi connectivity index (χ3v) is 4.06. The molecule has 0 saturated heterocycles. The molecule has 0 atom stereocenters. The number of anilines is 2. The molecule has 6 nitrogen and oxygen atoms in total. The van der Waals surface area contributed by atoms with Crippen LogP contribution >= 0.6 is 0 Å². The van der Waals surface area contributed by atoms with Crippen molar-refractivity contribution >= 4 is 11.6 Å². The first-order valence-electron chi connectivity index (χ1n) is 8.20. The molecule has 2 heterocycles. The van der Waals surface area contributed by atoms with E-state index in [4.69, 9.17) is 5.73 Å². The quantitative estimate of drug-likeness (QED) is 0.722. The van der Waals surface area contributed by atoms with Crippen molar-refractivity contribution in [2.24, 2.45) is 0 Å². The molecule has 0 aliphatic rings. The molecule has 128 valence electrons. The maximum atomic E-state index is 12.2. The van der Waals surface area contributed by atoms with Crippen LogP contribution in [0.1, 0.15) is 12.0 Å². The van der Waals surface area contributed by atoms with Gasteiger partial charge in [-0.25, -0.2) is 4.98 Å². The minimum atomic E-state index is -0.327. The maximum Gasteiger partial charge on any atom is 0.276 e. The number of nitrogens with one attached hydrogen (secondary N) is 1. The van der Waals surface area contributed by atoms with Crippen LogP contribution in [0.2, 0.25) is 0 Å². The zero-order valence-electron chi connectivity index (χ0n) is 14.1. The lowest BCUT2D eigenvalue weighted by Crippen LogP contribution is -2.26. The van der Waals surface area contributed by atoms with Gasteiger partial charge in [0.2, 0.25) is 5.95 Å². The van der Waals surface area contributed by atoms with Gasteiger partial charge in [0.05, 0.1) is 0 Å². The molecule has 25 heavy (non-hydrogen) atoms. The zero-order chi connectivity index (χ0) is 17.6. The third kappa shape index (κ3) is 4.03. The summed E-state index contributed by atoms with van der Waals surface area (Å²) in [5.74, 6) is 0.513. The summed E-state index contributed by atoms with van der Waals surface area (Å²) in [7, 11) is 1.91. The number of nitrogens with zero attached hydrogens (tertiary/aromatic N) is 3. The molecular weight excluding hydrogens is 314 g/mol. The highest BCUT2D eigenvalue weighted by atomic mass is 16.1. The Balaban J connectivity index is 1.75. The molecule has 0 radical (unpaired) electrons. The van der Waals surface area contributed by atoms with Crippen LogP contribution in [-0.2, 0) is 6.42 Å². The Morgan fingerprint density at radius 2 is 1.84 bits per heavy atom. The van der Waals surface area contributed by atoms with E-state index < -0.39 is 0 Å². The lowest BCUT2D eigenvalue weighted by molar-refractivity contribution is 0.765. The minimum Gasteiger partial charge on any atom is -0.392 e. The normalized spacial score (nSPS) is 10.6. The number of aryl methyl sites for hydroxylation is 1. The molecule has 0 unspecified atom stereocenters. The number of nitrogens with two attached hydrogens (primary N) is 1. The summed E-state index contributed by atoms with van der Waals surface area (Å²) >= 11 is 0. The predicted octanol–water partition coefficient (Wildman–Crippen LogP) is 2.48. The SMILES string of the molecule is CN(CCCc1ccccc1)c1nc(-c2ccncc2)c(N)c(=O)[nH]1. The number of pyridine rings is 1. The molecule has 6 heteroatoms. The average molecular weight is 335 g/mol. The lowest BCUT2D eigenvalue weighted by Gasteiger charge is -2.18. The van der Waals surface area contributed by atoms with Gasteiger partial charge in [-0.3, -0.25) is 14.8 Å². The van der Waals surface area contributed by atoms with E-state index in [1.54, 1.807) is 24.5 Å². The molecule has 0 aliphatic carbocycles. The molecule has 1 aromatic carbocycles. The van der Waals surface area contributed by atoms with Gasteiger partial charge < -0.3 is 10.6 Å². The van der Waals surface area contributed by atoms with Crippen molar-refractivity contribution in [3.63, 3.8) is 0 Å². The number of nitrogen functional groups attached to an aromatic ring is 1. The molecule has 3 aromatic rings. The van der Waals surface area contributed by atoms with Crippen molar-refractivity contribution in [3.8, 4) is 11.3 Å². The Morgan fingerprint density at radius 3 is 2.56 bits per heavy atom. The van der Waals surface area contributed by atoms with Crippen LogP contribution in [0, 0.1) is 0 Å². The minimum absolute atomic E-state index is 0.118. The molecule has 0 amide bonds. The van der Waals surface area contributed by atoms with Crippen molar-refractivity contribution < 1.29 is 0 Å². The average Bonchev–Trinajstić information content (AvgIpc) is 2.65. The van der Waals surface area contributed by atoms with Gasteiger partial charge in [-0.05, 0) is 30.5 Å². The molecule has 2 aromatic heterocycles. The highest BCUT2D eigenvalue weighted by Gasteiger charge is 2.13. The molecule has 0 spiro atoms. The van der Waals surface area contributed by atoms with E-state index in [0.29, 0.717) is 11.6 Å². The zero-order valence-corrected chi connectivity index (χ0v) is 14.1. The number of aromatic amines is 1. The summed E-state index contributed by atoms with van der Waals surface area (Å²) in [5.41, 5.74) is 8.26. The van der Waals surface area contributed by atoms with Gasteiger partial charge in [0, 0.05) is 31.5 Å². The number of aromatic nitrogens is 3. The van der Waals surface area contributed by atoms with Gasteiger partial charge in [-0.15, -0.1) is 0 Å². The first-order chi connectivity index (χ1) is 12.1. The fourth-order valence-electron chi connectivity index (χ4n) is 2.65. The van der Waals surface area contributed by atoms with Crippen molar-refractivity contribution in [3.05, 3.63) is 70.8 Å². The molecular formula is C19H21N5O. The van der Waals surface area contributed by atoms with Crippen molar-refractivity contribution in [1.29, 1.82) is 0 Å². The van der Waals surface area contributed by atoms with Crippen LogP contribution in [0.25, 0.3) is 11.3 Å². The predicted molar refractivity (Wildman–Crippen MR) is 101 cm³/mol. The van der Waals surface area contributed by atoms with Crippen LogP contribution in [0.5, 0.6) is 0 Å². The second kappa shape index (κ2) is 7.61. The second-order valence-electron chi connectivity index (χ2n) is 5.90. The van der Waals surface area contributed by atoms with Crippen molar-refractivity contribution in [2.45, 2.75) is 12.8 Å². The summed E-state index contributed by atoms with van der Waals surface area (Å²) in [4.78, 5) is 25.4. The van der Waals surface area contributed by atoms with E-state index in [9.17, 15) is 4.79 Å². The van der Waals surface area contributed by atoms with Crippen molar-refractivity contribution in [2.75, 3.05) is 24.2 Å². The van der Waals surface area contributed by atoms with Gasteiger partial charge in [0.25, 0.3) is 5.56 Å². The standard InChI is InChI=1S/C19H21N5O/c1-24(13-5-8-14-6-3-2-4-7-14)19-22-17(16(20)18(25)23-19)15-9-11-21-12-10-15/h2-4,6-7,9-12H,5,8,13,20H2,1H3,(H,22,23,25).